The molecule has 3 N–H and O–H groups in total. The van der Waals surface area contributed by atoms with Gasteiger partial charge in [-0.05, 0) is 74.5 Å². The van der Waals surface area contributed by atoms with Gasteiger partial charge in [0.25, 0.3) is 0 Å². The number of nitrogens with two attached hydrogens (primary N) is 1. The normalized spacial score (nSPS) is 53.8. The number of carbonyl (C=O) groups is 1. The molecule has 0 radical (unpaired) electrons. The van der Waals surface area contributed by atoms with Gasteiger partial charge in [0.15, 0.2) is 0 Å². The second-order valence-electron chi connectivity index (χ2n) is 9.21. The number of carbonyl (C=O) groups excluding carboxylic acids is 1. The first kappa shape index (κ1) is 14.2. The molecule has 0 spiro atoms. The molecule has 4 bridgehead atoms. The Morgan fingerprint density at radius 1 is 1.22 bits per heavy atom. The number of hydrogen-bond donors (Lipinski definition) is 2. The van der Waals surface area contributed by atoms with Crippen LogP contribution in [-0.4, -0.2) is 39.6 Å². The Hall–Kier alpha value is -1.12. The third-order valence-corrected chi connectivity index (χ3v) is 7.51. The standard InChI is InChI=1S/C18H25N3O2/c19-8-13-2-12-3-14(12)21(13)16(22)15(20)17-4-10-1-11(5-17)7-18(23,6-10)9-17/h10-15,23H,1-7,9,20H2/t10?,11?,12?,13?,14?,15-,17?,18?/m1/s1. The van der Waals surface area contributed by atoms with Crippen molar-refractivity contribution >= 4 is 5.91 Å². The van der Waals surface area contributed by atoms with E-state index in [1.54, 1.807) is 4.90 Å². The van der Waals surface area contributed by atoms with E-state index in [2.05, 4.69) is 6.07 Å². The van der Waals surface area contributed by atoms with E-state index >= 15 is 0 Å². The molecule has 1 heterocycles. The van der Waals surface area contributed by atoms with Crippen LogP contribution >= 0.6 is 0 Å². The third-order valence-electron chi connectivity index (χ3n) is 7.51. The first-order valence-electron chi connectivity index (χ1n) is 9.13. The highest BCUT2D eigenvalue weighted by molar-refractivity contribution is 5.84. The summed E-state index contributed by atoms with van der Waals surface area (Å²) in [4.78, 5) is 14.9. The Kier molecular flexibility index (Phi) is 2.65. The summed E-state index contributed by atoms with van der Waals surface area (Å²) in [5, 5.41) is 20.2. The van der Waals surface area contributed by atoms with Crippen molar-refractivity contribution < 1.29 is 9.90 Å². The van der Waals surface area contributed by atoms with Crippen molar-refractivity contribution in [3.05, 3.63) is 0 Å². The Labute approximate surface area is 136 Å². The van der Waals surface area contributed by atoms with Crippen LogP contribution in [0.25, 0.3) is 0 Å². The largest absolute Gasteiger partial charge is 0.390 e. The molecule has 1 saturated heterocycles. The lowest BCUT2D eigenvalue weighted by atomic mass is 9.46. The van der Waals surface area contributed by atoms with Crippen LogP contribution in [0.1, 0.15) is 51.4 Å². The number of aliphatic hydroxyl groups is 1. The van der Waals surface area contributed by atoms with Crippen molar-refractivity contribution in [1.82, 2.24) is 4.90 Å². The molecule has 6 rings (SSSR count). The van der Waals surface area contributed by atoms with Gasteiger partial charge >= 0.3 is 0 Å². The highest BCUT2D eigenvalue weighted by atomic mass is 16.3. The summed E-state index contributed by atoms with van der Waals surface area (Å²) in [6.07, 6.45) is 7.48. The maximum atomic E-state index is 13.1. The summed E-state index contributed by atoms with van der Waals surface area (Å²) in [5.74, 6) is 1.56. The van der Waals surface area contributed by atoms with E-state index < -0.39 is 11.6 Å². The van der Waals surface area contributed by atoms with E-state index in [4.69, 9.17) is 5.73 Å². The number of amides is 1. The molecule has 124 valence electrons. The highest BCUT2D eigenvalue weighted by Gasteiger charge is 2.62. The lowest BCUT2D eigenvalue weighted by molar-refractivity contribution is -0.177. The molecule has 5 unspecified atom stereocenters. The van der Waals surface area contributed by atoms with Crippen LogP contribution in [0, 0.1) is 34.5 Å². The Morgan fingerprint density at radius 3 is 2.52 bits per heavy atom. The topological polar surface area (TPSA) is 90.4 Å². The van der Waals surface area contributed by atoms with Crippen molar-refractivity contribution in [2.75, 3.05) is 0 Å². The average molecular weight is 315 g/mol. The third kappa shape index (κ3) is 1.88. The van der Waals surface area contributed by atoms with Crippen LogP contribution in [0.15, 0.2) is 0 Å². The van der Waals surface area contributed by atoms with Gasteiger partial charge in [-0.25, -0.2) is 0 Å². The summed E-state index contributed by atoms with van der Waals surface area (Å²) >= 11 is 0. The molecule has 0 aromatic rings. The number of likely N-dealkylation sites (tertiary alicyclic amines) is 1. The van der Waals surface area contributed by atoms with E-state index in [0.717, 1.165) is 38.5 Å². The lowest BCUT2D eigenvalue weighted by Crippen LogP contribution is -2.64. The molecule has 1 aliphatic heterocycles. The van der Waals surface area contributed by atoms with Gasteiger partial charge < -0.3 is 15.7 Å². The summed E-state index contributed by atoms with van der Waals surface area (Å²) in [6.45, 7) is 0. The predicted molar refractivity (Wildman–Crippen MR) is 82.8 cm³/mol. The fourth-order valence-electron chi connectivity index (χ4n) is 6.96. The van der Waals surface area contributed by atoms with E-state index in [-0.39, 0.29) is 23.4 Å². The smallest absolute Gasteiger partial charge is 0.241 e. The minimum absolute atomic E-state index is 0.0212. The monoisotopic (exact) mass is 315 g/mol. The van der Waals surface area contributed by atoms with Gasteiger partial charge in [0.1, 0.15) is 6.04 Å². The molecule has 23 heavy (non-hydrogen) atoms. The van der Waals surface area contributed by atoms with Gasteiger partial charge in [-0.1, -0.05) is 0 Å². The van der Waals surface area contributed by atoms with Gasteiger partial charge in [-0.2, -0.15) is 5.26 Å². The fourth-order valence-corrected chi connectivity index (χ4v) is 6.96. The van der Waals surface area contributed by atoms with Gasteiger partial charge in [-0.15, -0.1) is 0 Å². The number of nitrogens with zero attached hydrogens (tertiary/aromatic N) is 2. The molecule has 0 aromatic heterocycles. The minimum atomic E-state index is -0.594. The van der Waals surface area contributed by atoms with Crippen LogP contribution in [0.3, 0.4) is 0 Å². The van der Waals surface area contributed by atoms with Crippen LogP contribution in [-0.2, 0) is 4.79 Å². The summed E-state index contributed by atoms with van der Waals surface area (Å²) in [5.41, 5.74) is 5.71. The zero-order valence-corrected chi connectivity index (χ0v) is 13.4. The van der Waals surface area contributed by atoms with E-state index in [9.17, 15) is 15.2 Å². The molecule has 1 amide bonds. The van der Waals surface area contributed by atoms with Gasteiger partial charge in [0.05, 0.1) is 17.7 Å². The fraction of sp³-hybridized carbons (Fsp3) is 0.889. The maximum Gasteiger partial charge on any atom is 0.241 e. The van der Waals surface area contributed by atoms with Crippen LogP contribution < -0.4 is 5.73 Å². The van der Waals surface area contributed by atoms with Crippen molar-refractivity contribution in [2.24, 2.45) is 28.9 Å². The Bertz CT molecular complexity index is 598. The molecule has 5 nitrogen and oxygen atoms in total. The van der Waals surface area contributed by atoms with Crippen LogP contribution in [0.2, 0.25) is 0 Å². The van der Waals surface area contributed by atoms with Crippen molar-refractivity contribution in [3.8, 4) is 6.07 Å². The molecular formula is C18H25N3O2. The molecule has 5 saturated carbocycles. The predicted octanol–water partition coefficient (Wildman–Crippen LogP) is 1.16. The maximum absolute atomic E-state index is 13.1. The Balaban J connectivity index is 1.43. The second-order valence-corrected chi connectivity index (χ2v) is 9.21. The van der Waals surface area contributed by atoms with E-state index in [1.165, 1.54) is 6.42 Å². The Morgan fingerprint density at radius 2 is 1.91 bits per heavy atom. The highest BCUT2D eigenvalue weighted by Crippen LogP contribution is 2.63. The molecule has 5 aliphatic carbocycles. The molecule has 6 aliphatic rings. The van der Waals surface area contributed by atoms with Gasteiger partial charge in [0.2, 0.25) is 5.91 Å². The van der Waals surface area contributed by atoms with Gasteiger partial charge in [0, 0.05) is 6.04 Å². The van der Waals surface area contributed by atoms with E-state index in [0.29, 0.717) is 24.2 Å². The van der Waals surface area contributed by atoms with Crippen LogP contribution in [0.4, 0.5) is 0 Å². The lowest BCUT2D eigenvalue weighted by Gasteiger charge is -2.61. The summed E-state index contributed by atoms with van der Waals surface area (Å²) < 4.78 is 0. The summed E-state index contributed by atoms with van der Waals surface area (Å²) in [7, 11) is 0. The first-order chi connectivity index (χ1) is 10.9. The SMILES string of the molecule is N#CC1CC2CC2N1C(=O)[C@@H](N)C12CC3CC(CC(O)(C3)C1)C2. The molecule has 6 atom stereocenters. The number of fused-ring (bicyclic) bond motifs is 1. The number of rotatable bonds is 2. The van der Waals surface area contributed by atoms with Gasteiger partial charge in [-0.3, -0.25) is 4.79 Å². The number of hydrogen-bond acceptors (Lipinski definition) is 4. The van der Waals surface area contributed by atoms with Crippen molar-refractivity contribution in [2.45, 2.75) is 75.1 Å². The van der Waals surface area contributed by atoms with E-state index in [1.807, 2.05) is 0 Å². The van der Waals surface area contributed by atoms with Crippen molar-refractivity contribution in [1.29, 1.82) is 5.26 Å². The number of piperidine rings is 1. The average Bonchev–Trinajstić information content (AvgIpc) is 3.14. The zero-order chi connectivity index (χ0) is 16.0. The first-order valence-corrected chi connectivity index (χ1v) is 9.13. The second kappa shape index (κ2) is 4.29. The number of nitriles is 1. The quantitative estimate of drug-likeness (QED) is 0.800. The summed E-state index contributed by atoms with van der Waals surface area (Å²) in [6, 6.07) is 1.72. The van der Waals surface area contributed by atoms with Crippen molar-refractivity contribution in [3.63, 3.8) is 0 Å². The molecule has 0 aromatic carbocycles. The molecular weight excluding hydrogens is 290 g/mol. The molecule has 5 heteroatoms. The molecule has 6 fully saturated rings. The zero-order valence-electron chi connectivity index (χ0n) is 13.4. The van der Waals surface area contributed by atoms with Crippen LogP contribution in [0.5, 0.6) is 0 Å². The minimum Gasteiger partial charge on any atom is -0.390 e.